The number of nitrogen functional groups attached to an aromatic ring is 1. The van der Waals surface area contributed by atoms with Crippen LogP contribution in [0.5, 0.6) is 5.75 Å². The van der Waals surface area contributed by atoms with E-state index in [1.54, 1.807) is 0 Å². The summed E-state index contributed by atoms with van der Waals surface area (Å²) in [6.45, 7) is 2.50. The van der Waals surface area contributed by atoms with Crippen molar-refractivity contribution in [2.24, 2.45) is 0 Å². The lowest BCUT2D eigenvalue weighted by atomic mass is 10.0. The minimum atomic E-state index is -0.199. The molecule has 0 radical (unpaired) electrons. The number of nitrogens with one attached hydrogen (secondary N) is 1. The van der Waals surface area contributed by atoms with Crippen molar-refractivity contribution in [1.29, 1.82) is 10.5 Å². The molecule has 11 heteroatoms. The molecule has 0 saturated heterocycles. The van der Waals surface area contributed by atoms with E-state index >= 15 is 0 Å². The fourth-order valence-electron chi connectivity index (χ4n) is 3.21. The van der Waals surface area contributed by atoms with Crippen molar-refractivity contribution in [2.45, 2.75) is 18.4 Å². The van der Waals surface area contributed by atoms with Gasteiger partial charge in [-0.3, -0.25) is 4.79 Å². The number of hydrogen-bond donors (Lipinski definition) is 2. The smallest absolute Gasteiger partial charge is 0.226 e. The molecule has 3 N–H and O–H groups in total. The normalized spacial score (nSPS) is 10.6. The number of fused-ring (bicyclic) bond motifs is 1. The first kappa shape index (κ1) is 23.5. The topological polar surface area (TPSA) is 138 Å². The number of ether oxygens (including phenoxy) is 1. The Morgan fingerprint density at radius 2 is 2.06 bits per heavy atom. The molecule has 0 unspecified atom stereocenters. The molecule has 0 spiro atoms. The van der Waals surface area contributed by atoms with E-state index in [-0.39, 0.29) is 29.3 Å². The molecule has 1 aromatic carbocycles. The molecule has 1 amide bonds. The summed E-state index contributed by atoms with van der Waals surface area (Å²) in [6, 6.07) is 13.5. The first-order valence-electron chi connectivity index (χ1n) is 10.2. The van der Waals surface area contributed by atoms with Gasteiger partial charge in [-0.05, 0) is 36.6 Å². The molecule has 0 fully saturated rings. The summed E-state index contributed by atoms with van der Waals surface area (Å²) in [6.07, 6.45) is 0.186. The molecule has 34 heavy (non-hydrogen) atoms. The van der Waals surface area contributed by atoms with Gasteiger partial charge in [-0.25, -0.2) is 9.97 Å². The van der Waals surface area contributed by atoms with Gasteiger partial charge < -0.3 is 15.8 Å². The molecule has 0 aliphatic rings. The Labute approximate surface area is 208 Å². The maximum absolute atomic E-state index is 12.5. The van der Waals surface area contributed by atoms with Gasteiger partial charge >= 0.3 is 0 Å². The van der Waals surface area contributed by atoms with Crippen LogP contribution in [0.1, 0.15) is 24.5 Å². The number of thiophene rings is 1. The molecule has 4 rings (SSSR count). The van der Waals surface area contributed by atoms with E-state index in [1.807, 2.05) is 42.6 Å². The number of hydrogen-bond acceptors (Lipinski definition) is 10. The standard InChI is InChI=1S/C23H18N6O2S3/c1-2-31-13-5-6-16-18(10-13)34-23(27-16)28-19(30)7-9-33-22-15(12-25)20(17-4-3-8-32-17)14(11-24)21(26)29-22/h3-6,8,10H,2,7,9H2,1H3,(H2,26,29)(H,27,28,30). The Balaban J connectivity index is 1.45. The third-order valence-electron chi connectivity index (χ3n) is 4.67. The Kier molecular flexibility index (Phi) is 7.28. The number of benzene rings is 1. The highest BCUT2D eigenvalue weighted by Crippen LogP contribution is 2.37. The van der Waals surface area contributed by atoms with Crippen LogP contribution in [0, 0.1) is 22.7 Å². The lowest BCUT2D eigenvalue weighted by Gasteiger charge is -2.11. The zero-order chi connectivity index (χ0) is 24.1. The van der Waals surface area contributed by atoms with Crippen molar-refractivity contribution < 1.29 is 9.53 Å². The molecule has 0 aliphatic heterocycles. The predicted molar refractivity (Wildman–Crippen MR) is 136 cm³/mol. The minimum absolute atomic E-state index is 0.0674. The lowest BCUT2D eigenvalue weighted by Crippen LogP contribution is -2.12. The third-order valence-corrected chi connectivity index (χ3v) is 7.47. The maximum atomic E-state index is 12.5. The molecule has 3 heterocycles. The van der Waals surface area contributed by atoms with Crippen LogP contribution in [-0.2, 0) is 4.79 Å². The molecular weight excluding hydrogens is 488 g/mol. The summed E-state index contributed by atoms with van der Waals surface area (Å²) in [5.74, 6) is 1.01. The summed E-state index contributed by atoms with van der Waals surface area (Å²) in [5.41, 5.74) is 7.76. The number of pyridine rings is 1. The number of nitrogens with zero attached hydrogens (tertiary/aromatic N) is 4. The Morgan fingerprint density at radius 3 is 2.76 bits per heavy atom. The van der Waals surface area contributed by atoms with Crippen LogP contribution in [0.25, 0.3) is 20.7 Å². The Morgan fingerprint density at radius 1 is 1.24 bits per heavy atom. The first-order chi connectivity index (χ1) is 16.5. The van der Waals surface area contributed by atoms with Gasteiger partial charge in [0.1, 0.15) is 34.3 Å². The van der Waals surface area contributed by atoms with Gasteiger partial charge in [-0.2, -0.15) is 10.5 Å². The number of anilines is 2. The van der Waals surface area contributed by atoms with E-state index in [4.69, 9.17) is 10.5 Å². The molecule has 170 valence electrons. The summed E-state index contributed by atoms with van der Waals surface area (Å²) in [4.78, 5) is 22.0. The van der Waals surface area contributed by atoms with Gasteiger partial charge in [0.2, 0.25) is 5.91 Å². The van der Waals surface area contributed by atoms with Crippen LogP contribution >= 0.6 is 34.4 Å². The van der Waals surface area contributed by atoms with Gasteiger partial charge in [-0.1, -0.05) is 17.4 Å². The predicted octanol–water partition coefficient (Wildman–Crippen LogP) is 5.26. The van der Waals surface area contributed by atoms with Crippen LogP contribution in [0.2, 0.25) is 0 Å². The van der Waals surface area contributed by atoms with E-state index in [0.29, 0.717) is 28.1 Å². The monoisotopic (exact) mass is 506 g/mol. The fraction of sp³-hybridized carbons (Fsp3) is 0.174. The molecule has 8 nitrogen and oxygen atoms in total. The molecule has 0 atom stereocenters. The van der Waals surface area contributed by atoms with Crippen LogP contribution in [0.3, 0.4) is 0 Å². The molecule has 0 saturated carbocycles. The van der Waals surface area contributed by atoms with Gasteiger partial charge in [0, 0.05) is 22.6 Å². The molecule has 0 bridgehead atoms. The number of thiazole rings is 1. The average molecular weight is 507 g/mol. The Bertz CT molecular complexity index is 1430. The van der Waals surface area contributed by atoms with Crippen molar-refractivity contribution in [3.05, 3.63) is 46.8 Å². The quantitative estimate of drug-likeness (QED) is 0.308. The lowest BCUT2D eigenvalue weighted by molar-refractivity contribution is -0.115. The number of carbonyl (C=O) groups is 1. The largest absolute Gasteiger partial charge is 0.494 e. The minimum Gasteiger partial charge on any atom is -0.494 e. The first-order valence-corrected chi connectivity index (χ1v) is 12.9. The van der Waals surface area contributed by atoms with E-state index in [1.165, 1.54) is 34.4 Å². The summed E-state index contributed by atoms with van der Waals surface area (Å²) in [7, 11) is 0. The fourth-order valence-corrected chi connectivity index (χ4v) is 5.84. The highest BCUT2D eigenvalue weighted by Gasteiger charge is 2.21. The van der Waals surface area contributed by atoms with Crippen LogP contribution < -0.4 is 15.8 Å². The van der Waals surface area contributed by atoms with Crippen molar-refractivity contribution in [2.75, 3.05) is 23.4 Å². The van der Waals surface area contributed by atoms with E-state index in [9.17, 15) is 15.3 Å². The second-order valence-electron chi connectivity index (χ2n) is 6.86. The highest BCUT2D eigenvalue weighted by atomic mass is 32.2. The molecule has 3 aromatic heterocycles. The SMILES string of the molecule is CCOc1ccc2nc(NC(=O)CCSc3nc(N)c(C#N)c(-c4cccs4)c3C#N)sc2c1. The second-order valence-corrected chi connectivity index (χ2v) is 9.92. The van der Waals surface area contributed by atoms with Gasteiger partial charge in [0.25, 0.3) is 0 Å². The van der Waals surface area contributed by atoms with Gasteiger partial charge in [0.15, 0.2) is 5.13 Å². The van der Waals surface area contributed by atoms with Gasteiger partial charge in [-0.15, -0.1) is 23.1 Å². The van der Waals surface area contributed by atoms with Gasteiger partial charge in [0.05, 0.1) is 22.4 Å². The third kappa shape index (κ3) is 4.97. The van der Waals surface area contributed by atoms with Crippen LogP contribution in [0.4, 0.5) is 10.9 Å². The maximum Gasteiger partial charge on any atom is 0.226 e. The van der Waals surface area contributed by atoms with Crippen molar-refractivity contribution >= 4 is 61.5 Å². The van der Waals surface area contributed by atoms with Crippen LogP contribution in [-0.4, -0.2) is 28.2 Å². The zero-order valence-corrected chi connectivity index (χ0v) is 20.4. The number of amides is 1. The van der Waals surface area contributed by atoms with E-state index in [0.717, 1.165) is 20.8 Å². The molecule has 4 aromatic rings. The summed E-state index contributed by atoms with van der Waals surface area (Å²) < 4.78 is 6.43. The van der Waals surface area contributed by atoms with Crippen molar-refractivity contribution in [3.8, 4) is 28.3 Å². The zero-order valence-electron chi connectivity index (χ0n) is 18.0. The highest BCUT2D eigenvalue weighted by molar-refractivity contribution is 7.99. The number of carbonyl (C=O) groups excluding carboxylic acids is 1. The summed E-state index contributed by atoms with van der Waals surface area (Å²) in [5, 5.41) is 24.9. The average Bonchev–Trinajstić information content (AvgIpc) is 3.48. The summed E-state index contributed by atoms with van der Waals surface area (Å²) >= 11 is 4.05. The Hall–Kier alpha value is -3.64. The number of aromatic nitrogens is 2. The second kappa shape index (κ2) is 10.5. The van der Waals surface area contributed by atoms with Crippen molar-refractivity contribution in [1.82, 2.24) is 9.97 Å². The molecule has 0 aliphatic carbocycles. The number of nitrogens with two attached hydrogens (primary N) is 1. The number of rotatable bonds is 8. The van der Waals surface area contributed by atoms with E-state index < -0.39 is 0 Å². The van der Waals surface area contributed by atoms with E-state index in [2.05, 4.69) is 27.4 Å². The number of thioether (sulfide) groups is 1. The molecular formula is C23H18N6O2S3. The number of nitriles is 2. The van der Waals surface area contributed by atoms with Crippen LogP contribution in [0.15, 0.2) is 40.7 Å². The van der Waals surface area contributed by atoms with Crippen molar-refractivity contribution in [3.63, 3.8) is 0 Å².